The first-order valence-corrected chi connectivity index (χ1v) is 6.84. The maximum absolute atomic E-state index is 12.2. The SMILES string of the molecule is C[C@@H](O)[C@H]1C(=O)N2C(C(=O)O)=C(c3cccnc3)[C@H](C)[C@H]12. The van der Waals surface area contributed by atoms with Crippen LogP contribution >= 0.6 is 0 Å². The second-order valence-electron chi connectivity index (χ2n) is 5.56. The van der Waals surface area contributed by atoms with E-state index in [1.165, 1.54) is 4.90 Å². The van der Waals surface area contributed by atoms with Crippen LogP contribution in [-0.2, 0) is 9.59 Å². The average Bonchev–Trinajstić information content (AvgIpc) is 2.69. The molecule has 1 saturated heterocycles. The van der Waals surface area contributed by atoms with Gasteiger partial charge in [0.15, 0.2) is 0 Å². The van der Waals surface area contributed by atoms with Crippen LogP contribution in [0.5, 0.6) is 0 Å². The third-order valence-electron chi connectivity index (χ3n) is 4.35. The molecule has 21 heavy (non-hydrogen) atoms. The molecule has 1 amide bonds. The summed E-state index contributed by atoms with van der Waals surface area (Å²) in [5, 5.41) is 19.3. The van der Waals surface area contributed by atoms with E-state index in [1.54, 1.807) is 31.5 Å². The van der Waals surface area contributed by atoms with E-state index in [4.69, 9.17) is 0 Å². The number of aliphatic carboxylic acids is 1. The standard InChI is InChI=1S/C15H16N2O4/c1-7-10(9-4-3-5-16-6-9)13(15(20)21)17-12(7)11(8(2)18)14(17)19/h3-8,11-12,18H,1-2H3,(H,20,21)/t7-,8+,11+,12+/m0/s1. The van der Waals surface area contributed by atoms with Gasteiger partial charge in [-0.1, -0.05) is 13.0 Å². The zero-order valence-electron chi connectivity index (χ0n) is 11.7. The molecule has 1 fully saturated rings. The Morgan fingerprint density at radius 1 is 1.48 bits per heavy atom. The van der Waals surface area contributed by atoms with Crippen LogP contribution in [0.1, 0.15) is 19.4 Å². The number of aliphatic hydroxyl groups excluding tert-OH is 1. The van der Waals surface area contributed by atoms with E-state index in [1.807, 2.05) is 6.92 Å². The van der Waals surface area contributed by atoms with Crippen LogP contribution in [0, 0.1) is 11.8 Å². The first kappa shape index (κ1) is 13.8. The van der Waals surface area contributed by atoms with Gasteiger partial charge in [0.1, 0.15) is 5.70 Å². The molecule has 0 saturated carbocycles. The number of pyridine rings is 1. The Bertz CT molecular complexity index is 638. The number of nitrogens with zero attached hydrogens (tertiary/aromatic N) is 2. The van der Waals surface area contributed by atoms with Gasteiger partial charge in [-0.05, 0) is 24.1 Å². The lowest BCUT2D eigenvalue weighted by Crippen LogP contribution is -2.63. The highest BCUT2D eigenvalue weighted by atomic mass is 16.4. The Morgan fingerprint density at radius 3 is 2.71 bits per heavy atom. The number of amides is 1. The predicted molar refractivity (Wildman–Crippen MR) is 73.8 cm³/mol. The molecule has 0 aliphatic carbocycles. The number of carboxylic acids is 1. The van der Waals surface area contributed by atoms with Crippen molar-refractivity contribution >= 4 is 17.4 Å². The number of hydrogen-bond donors (Lipinski definition) is 2. The minimum Gasteiger partial charge on any atom is -0.477 e. The molecule has 0 unspecified atom stereocenters. The van der Waals surface area contributed by atoms with Gasteiger partial charge in [-0.2, -0.15) is 0 Å². The van der Waals surface area contributed by atoms with Crippen molar-refractivity contribution < 1.29 is 19.8 Å². The van der Waals surface area contributed by atoms with Gasteiger partial charge in [-0.25, -0.2) is 4.79 Å². The first-order valence-electron chi connectivity index (χ1n) is 6.84. The second kappa shape index (κ2) is 4.66. The van der Waals surface area contributed by atoms with Gasteiger partial charge in [0.25, 0.3) is 0 Å². The number of fused-ring (bicyclic) bond motifs is 1. The molecule has 0 radical (unpaired) electrons. The average molecular weight is 288 g/mol. The van der Waals surface area contributed by atoms with E-state index >= 15 is 0 Å². The maximum atomic E-state index is 12.2. The van der Waals surface area contributed by atoms with Gasteiger partial charge >= 0.3 is 5.97 Å². The molecule has 2 aliphatic heterocycles. The number of carboxylic acid groups (broad SMARTS) is 1. The van der Waals surface area contributed by atoms with Crippen LogP contribution in [0.3, 0.4) is 0 Å². The molecule has 0 aromatic carbocycles. The number of rotatable bonds is 3. The summed E-state index contributed by atoms with van der Waals surface area (Å²) in [7, 11) is 0. The van der Waals surface area contributed by atoms with E-state index in [2.05, 4.69) is 4.98 Å². The lowest BCUT2D eigenvalue weighted by Gasteiger charge is -2.46. The van der Waals surface area contributed by atoms with Crippen molar-refractivity contribution in [2.75, 3.05) is 0 Å². The number of aliphatic hydroxyl groups is 1. The number of hydrogen-bond acceptors (Lipinski definition) is 4. The molecule has 0 spiro atoms. The summed E-state index contributed by atoms with van der Waals surface area (Å²) in [5.74, 6) is -2.14. The number of β-lactam (4-membered cyclic amide) rings is 1. The van der Waals surface area contributed by atoms with Crippen molar-refractivity contribution in [3.63, 3.8) is 0 Å². The fraction of sp³-hybridized carbons (Fsp3) is 0.400. The summed E-state index contributed by atoms with van der Waals surface area (Å²) in [4.78, 5) is 29.1. The van der Waals surface area contributed by atoms with Crippen molar-refractivity contribution in [1.82, 2.24) is 9.88 Å². The first-order chi connectivity index (χ1) is 9.95. The zero-order chi connectivity index (χ0) is 15.3. The van der Waals surface area contributed by atoms with Crippen molar-refractivity contribution in [2.24, 2.45) is 11.8 Å². The van der Waals surface area contributed by atoms with Crippen LogP contribution in [0.25, 0.3) is 5.57 Å². The lowest BCUT2D eigenvalue weighted by molar-refractivity contribution is -0.163. The van der Waals surface area contributed by atoms with E-state index < -0.39 is 18.0 Å². The Morgan fingerprint density at radius 2 is 2.19 bits per heavy atom. The van der Waals surface area contributed by atoms with Gasteiger partial charge in [-0.15, -0.1) is 0 Å². The predicted octanol–water partition coefficient (Wildman–Crippen LogP) is 0.735. The molecule has 2 aliphatic rings. The van der Waals surface area contributed by atoms with Gasteiger partial charge in [0, 0.05) is 18.3 Å². The molecule has 4 atom stereocenters. The lowest BCUT2D eigenvalue weighted by atomic mass is 9.77. The molecule has 2 N–H and O–H groups in total. The highest BCUT2D eigenvalue weighted by Crippen LogP contribution is 2.50. The molecule has 1 aromatic heterocycles. The van der Waals surface area contributed by atoms with E-state index in [-0.39, 0.29) is 23.6 Å². The van der Waals surface area contributed by atoms with Gasteiger partial charge in [-0.3, -0.25) is 9.78 Å². The quantitative estimate of drug-likeness (QED) is 0.800. The van der Waals surface area contributed by atoms with Gasteiger partial charge in [0.2, 0.25) is 5.91 Å². The Hall–Kier alpha value is -2.21. The third kappa shape index (κ3) is 1.79. The normalized spacial score (nSPS) is 29.2. The monoisotopic (exact) mass is 288 g/mol. The van der Waals surface area contributed by atoms with Crippen molar-refractivity contribution in [1.29, 1.82) is 0 Å². The topological polar surface area (TPSA) is 90.7 Å². The molecule has 3 heterocycles. The van der Waals surface area contributed by atoms with Gasteiger partial charge < -0.3 is 15.1 Å². The van der Waals surface area contributed by atoms with Crippen LogP contribution in [0.2, 0.25) is 0 Å². The molecular formula is C15H16N2O4. The highest BCUT2D eigenvalue weighted by molar-refractivity contribution is 6.06. The van der Waals surface area contributed by atoms with E-state index in [0.717, 1.165) is 0 Å². The molecule has 110 valence electrons. The Balaban J connectivity index is 2.11. The number of carbonyl (C=O) groups excluding carboxylic acids is 1. The van der Waals surface area contributed by atoms with Crippen LogP contribution in [-0.4, -0.2) is 44.1 Å². The van der Waals surface area contributed by atoms with Crippen LogP contribution < -0.4 is 0 Å². The van der Waals surface area contributed by atoms with Crippen molar-refractivity contribution in [3.8, 4) is 0 Å². The summed E-state index contributed by atoms with van der Waals surface area (Å²) in [6.45, 7) is 3.45. The Labute approximate surface area is 121 Å². The minimum absolute atomic E-state index is 0.0161. The second-order valence-corrected chi connectivity index (χ2v) is 5.56. The Kier molecular flexibility index (Phi) is 3.06. The molecule has 3 rings (SSSR count). The minimum atomic E-state index is -1.12. The summed E-state index contributed by atoms with van der Waals surface area (Å²) < 4.78 is 0. The zero-order valence-corrected chi connectivity index (χ0v) is 11.7. The van der Waals surface area contributed by atoms with Crippen LogP contribution in [0.15, 0.2) is 30.2 Å². The highest BCUT2D eigenvalue weighted by Gasteiger charge is 2.59. The fourth-order valence-electron chi connectivity index (χ4n) is 3.47. The molecule has 0 bridgehead atoms. The largest absolute Gasteiger partial charge is 0.477 e. The van der Waals surface area contributed by atoms with E-state index in [9.17, 15) is 19.8 Å². The van der Waals surface area contributed by atoms with Gasteiger partial charge in [0.05, 0.1) is 18.1 Å². The summed E-state index contributed by atoms with van der Waals surface area (Å²) in [6, 6.07) is 3.23. The molecule has 6 nitrogen and oxygen atoms in total. The maximum Gasteiger partial charge on any atom is 0.352 e. The summed E-state index contributed by atoms with van der Waals surface area (Å²) >= 11 is 0. The number of carbonyl (C=O) groups is 2. The summed E-state index contributed by atoms with van der Waals surface area (Å²) in [5.41, 5.74) is 1.33. The smallest absolute Gasteiger partial charge is 0.352 e. The van der Waals surface area contributed by atoms with E-state index in [0.29, 0.717) is 11.1 Å². The van der Waals surface area contributed by atoms with Crippen molar-refractivity contribution in [3.05, 3.63) is 35.8 Å². The third-order valence-corrected chi connectivity index (χ3v) is 4.35. The fourth-order valence-corrected chi connectivity index (χ4v) is 3.47. The molecule has 6 heteroatoms. The van der Waals surface area contributed by atoms with Crippen LogP contribution in [0.4, 0.5) is 0 Å². The van der Waals surface area contributed by atoms with Crippen molar-refractivity contribution in [2.45, 2.75) is 26.0 Å². The number of aromatic nitrogens is 1. The summed E-state index contributed by atoms with van der Waals surface area (Å²) in [6.07, 6.45) is 2.43. The molecular weight excluding hydrogens is 272 g/mol. The molecule has 1 aromatic rings.